The number of carbonyl (C=O) groups excluding carboxylic acids is 1. The second-order valence-corrected chi connectivity index (χ2v) is 7.80. The first-order valence-electron chi connectivity index (χ1n) is 9.96. The minimum Gasteiger partial charge on any atom is -0.388 e. The van der Waals surface area contributed by atoms with Gasteiger partial charge in [0.1, 0.15) is 0 Å². The number of nitrogens with zero attached hydrogens (tertiary/aromatic N) is 2. The van der Waals surface area contributed by atoms with Gasteiger partial charge in [-0.15, -0.1) is 5.10 Å². The molecule has 2 N–H and O–H groups in total. The Balaban J connectivity index is 1.51. The van der Waals surface area contributed by atoms with Crippen molar-refractivity contribution >= 4 is 29.3 Å². The van der Waals surface area contributed by atoms with E-state index in [1.54, 1.807) is 0 Å². The number of amides is 1. The van der Waals surface area contributed by atoms with Gasteiger partial charge in [-0.05, 0) is 67.9 Å². The lowest BCUT2D eigenvalue weighted by molar-refractivity contribution is 0.127. The van der Waals surface area contributed by atoms with Gasteiger partial charge < -0.3 is 4.74 Å². The molecule has 1 aromatic heterocycles. The molecule has 2 aliphatic rings. The topological polar surface area (TPSA) is 70.2 Å². The highest BCUT2D eigenvalue weighted by Crippen LogP contribution is 2.34. The fourth-order valence-corrected chi connectivity index (χ4v) is 3.95. The summed E-state index contributed by atoms with van der Waals surface area (Å²) < 4.78 is 5.55. The van der Waals surface area contributed by atoms with E-state index in [9.17, 15) is 4.79 Å². The predicted molar refractivity (Wildman–Crippen MR) is 110 cm³/mol. The van der Waals surface area contributed by atoms with Crippen molar-refractivity contribution in [2.75, 3.05) is 13.1 Å². The van der Waals surface area contributed by atoms with Crippen molar-refractivity contribution in [2.45, 2.75) is 44.9 Å². The van der Waals surface area contributed by atoms with Crippen molar-refractivity contribution in [1.82, 2.24) is 20.6 Å². The zero-order chi connectivity index (χ0) is 19.3. The van der Waals surface area contributed by atoms with Crippen molar-refractivity contribution in [3.63, 3.8) is 0 Å². The summed E-state index contributed by atoms with van der Waals surface area (Å²) in [6, 6.07) is 7.77. The van der Waals surface area contributed by atoms with Crippen LogP contribution in [0.2, 0.25) is 5.02 Å². The maximum atomic E-state index is 12.3. The molecule has 148 valence electrons. The third-order valence-electron chi connectivity index (χ3n) is 5.28. The quantitative estimate of drug-likeness (QED) is 0.724. The summed E-state index contributed by atoms with van der Waals surface area (Å²) in [6.07, 6.45) is 9.00. The second kappa shape index (κ2) is 8.80. The molecule has 0 saturated carbocycles. The average Bonchev–Trinajstić information content (AvgIpc) is 2.97. The van der Waals surface area contributed by atoms with Crippen LogP contribution >= 0.6 is 11.6 Å². The van der Waals surface area contributed by atoms with Gasteiger partial charge in [-0.2, -0.15) is 0 Å². The lowest BCUT2D eigenvalue weighted by Crippen LogP contribution is -2.46. The maximum absolute atomic E-state index is 12.3. The first kappa shape index (κ1) is 19.0. The highest BCUT2D eigenvalue weighted by atomic mass is 35.5. The van der Waals surface area contributed by atoms with E-state index < -0.39 is 6.09 Å². The number of benzene rings is 1. The number of aromatic nitrogens is 2. The summed E-state index contributed by atoms with van der Waals surface area (Å²) >= 11 is 5.99. The third kappa shape index (κ3) is 4.56. The van der Waals surface area contributed by atoms with Crippen molar-refractivity contribution in [3.05, 3.63) is 46.1 Å². The van der Waals surface area contributed by atoms with Gasteiger partial charge >= 0.3 is 6.09 Å². The lowest BCUT2D eigenvalue weighted by Gasteiger charge is -2.26. The van der Waals surface area contributed by atoms with Crippen molar-refractivity contribution in [1.29, 1.82) is 0 Å². The number of carbonyl (C=O) groups is 1. The fourth-order valence-electron chi connectivity index (χ4n) is 3.82. The van der Waals surface area contributed by atoms with Gasteiger partial charge in [-0.1, -0.05) is 30.2 Å². The number of fused-ring (bicyclic) bond motifs is 1. The molecule has 1 aliphatic heterocycles. The number of allylic oxidation sites excluding steroid dienone is 1. The molecule has 1 fully saturated rings. The number of hydrogen-bond acceptors (Lipinski definition) is 4. The number of nitrogens with one attached hydrogen (secondary N) is 2. The van der Waals surface area contributed by atoms with Crippen LogP contribution in [-0.2, 0) is 6.42 Å². The minimum absolute atomic E-state index is 0.383. The first-order valence-corrected chi connectivity index (χ1v) is 10.3. The Kier molecular flexibility index (Phi) is 5.98. The van der Waals surface area contributed by atoms with E-state index in [4.69, 9.17) is 16.3 Å². The molecule has 0 atom stereocenters. The molecule has 0 bridgehead atoms. The Morgan fingerprint density at radius 3 is 2.64 bits per heavy atom. The smallest absolute Gasteiger partial charge is 0.388 e. The average molecular weight is 401 g/mol. The highest BCUT2D eigenvalue weighted by Gasteiger charge is 2.23. The van der Waals surface area contributed by atoms with Crippen LogP contribution in [0.4, 0.5) is 4.79 Å². The molecule has 0 unspecified atom stereocenters. The normalized spacial score (nSPS) is 19.1. The number of piperidine rings is 1. The number of halogens is 1. The van der Waals surface area contributed by atoms with Crippen LogP contribution in [0.5, 0.6) is 5.88 Å². The number of aromatic amines is 1. The fraction of sp³-hybridized carbons (Fsp3) is 0.429. The van der Waals surface area contributed by atoms with Gasteiger partial charge in [0.25, 0.3) is 0 Å². The van der Waals surface area contributed by atoms with Crippen molar-refractivity contribution < 1.29 is 9.53 Å². The van der Waals surface area contributed by atoms with Gasteiger partial charge in [0.2, 0.25) is 5.88 Å². The summed E-state index contributed by atoms with van der Waals surface area (Å²) in [5.74, 6) is 0.383. The van der Waals surface area contributed by atoms with E-state index in [0.29, 0.717) is 5.88 Å². The molecule has 28 heavy (non-hydrogen) atoms. The monoisotopic (exact) mass is 400 g/mol. The van der Waals surface area contributed by atoms with E-state index in [1.807, 2.05) is 29.3 Å². The molecule has 2 aromatic rings. The van der Waals surface area contributed by atoms with Crippen LogP contribution in [0.25, 0.3) is 11.6 Å². The number of hydrogen-bond donors (Lipinski definition) is 2. The summed E-state index contributed by atoms with van der Waals surface area (Å²) in [5.41, 5.74) is 7.04. The van der Waals surface area contributed by atoms with Crippen molar-refractivity contribution in [2.24, 2.45) is 0 Å². The summed E-state index contributed by atoms with van der Waals surface area (Å²) in [7, 11) is 0. The Hall–Kier alpha value is -2.31. The Morgan fingerprint density at radius 2 is 1.86 bits per heavy atom. The van der Waals surface area contributed by atoms with Gasteiger partial charge in [0.05, 0.1) is 5.69 Å². The molecular formula is C21H25ClN4O2. The molecule has 7 heteroatoms. The Bertz CT molecular complexity index is 854. The molecule has 1 saturated heterocycles. The molecule has 4 rings (SSSR count). The Labute approximate surface area is 169 Å². The van der Waals surface area contributed by atoms with Crippen LogP contribution in [0, 0.1) is 0 Å². The molecule has 0 spiro atoms. The standard InChI is InChI=1S/C21H25ClN4O2/c22-17-10-8-15(9-11-17)14-16-6-2-3-7-18-19(16)23-24-20(18)28-21(27)25-26-12-4-1-5-13-26/h8-11,14H,1-7,12-13H2,(H,23,24)(H,25,27)/b16-14+. The molecule has 1 aromatic carbocycles. The zero-order valence-electron chi connectivity index (χ0n) is 15.8. The van der Waals surface area contributed by atoms with Crippen molar-refractivity contribution in [3.8, 4) is 5.88 Å². The molecule has 1 aliphatic carbocycles. The number of hydrazine groups is 1. The summed E-state index contributed by atoms with van der Waals surface area (Å²) in [4.78, 5) is 12.3. The van der Waals surface area contributed by atoms with Gasteiger partial charge in [-0.25, -0.2) is 9.80 Å². The second-order valence-electron chi connectivity index (χ2n) is 7.36. The minimum atomic E-state index is -0.469. The molecule has 0 radical (unpaired) electrons. The van der Waals surface area contributed by atoms with E-state index >= 15 is 0 Å². The van der Waals surface area contributed by atoms with E-state index in [2.05, 4.69) is 21.7 Å². The largest absolute Gasteiger partial charge is 0.428 e. The number of ether oxygens (including phenoxy) is 1. The molecular weight excluding hydrogens is 376 g/mol. The van der Waals surface area contributed by atoms with Crippen LogP contribution in [0.1, 0.15) is 55.3 Å². The summed E-state index contributed by atoms with van der Waals surface area (Å²) in [6.45, 7) is 1.73. The zero-order valence-corrected chi connectivity index (χ0v) is 16.6. The number of H-pyrrole nitrogens is 1. The van der Waals surface area contributed by atoms with Gasteiger partial charge in [-0.3, -0.25) is 10.5 Å². The van der Waals surface area contributed by atoms with E-state index in [0.717, 1.165) is 73.5 Å². The van der Waals surface area contributed by atoms with Crippen LogP contribution in [-0.4, -0.2) is 34.4 Å². The maximum Gasteiger partial charge on any atom is 0.428 e. The van der Waals surface area contributed by atoms with E-state index in [1.165, 1.54) is 12.0 Å². The highest BCUT2D eigenvalue weighted by molar-refractivity contribution is 6.30. The predicted octanol–water partition coefficient (Wildman–Crippen LogP) is 4.82. The molecule has 1 amide bonds. The molecule has 2 heterocycles. The number of rotatable bonds is 3. The Morgan fingerprint density at radius 1 is 1.11 bits per heavy atom. The van der Waals surface area contributed by atoms with Crippen LogP contribution in [0.15, 0.2) is 24.3 Å². The first-order chi connectivity index (χ1) is 13.7. The molecule has 6 nitrogen and oxygen atoms in total. The van der Waals surface area contributed by atoms with Crippen LogP contribution in [0.3, 0.4) is 0 Å². The SMILES string of the molecule is O=C(NN1CCCCC1)Oc1n[nH]c2c1CCCC/C2=C\c1ccc(Cl)cc1. The summed E-state index contributed by atoms with van der Waals surface area (Å²) in [5, 5.41) is 10.0. The third-order valence-corrected chi connectivity index (χ3v) is 5.53. The lowest BCUT2D eigenvalue weighted by atomic mass is 10.0. The van der Waals surface area contributed by atoms with Gasteiger partial charge in [0.15, 0.2) is 0 Å². The van der Waals surface area contributed by atoms with E-state index in [-0.39, 0.29) is 0 Å². The van der Waals surface area contributed by atoms with Crippen LogP contribution < -0.4 is 10.2 Å². The van der Waals surface area contributed by atoms with Gasteiger partial charge in [0, 0.05) is 23.7 Å².